The molecule has 0 atom stereocenters. The van der Waals surface area contributed by atoms with Gasteiger partial charge in [0.2, 0.25) is 0 Å². The van der Waals surface area contributed by atoms with Gasteiger partial charge in [-0.2, -0.15) is 9.61 Å². The minimum atomic E-state index is 0.182. The molecule has 0 saturated carbocycles. The van der Waals surface area contributed by atoms with Crippen molar-refractivity contribution < 1.29 is 0 Å². The number of fused-ring (bicyclic) bond motifs is 1. The van der Waals surface area contributed by atoms with Gasteiger partial charge in [-0.05, 0) is 59.4 Å². The Kier molecular flexibility index (Phi) is 5.53. The van der Waals surface area contributed by atoms with Gasteiger partial charge in [-0.3, -0.25) is 0 Å². The molecule has 2 aromatic heterocycles. The van der Waals surface area contributed by atoms with E-state index >= 15 is 0 Å². The second-order valence-corrected chi connectivity index (χ2v) is 8.18. The third-order valence-electron chi connectivity index (χ3n) is 5.94. The van der Waals surface area contributed by atoms with Gasteiger partial charge in [-0.25, -0.2) is 4.98 Å². The van der Waals surface area contributed by atoms with Crippen molar-refractivity contribution >= 4 is 11.5 Å². The molecule has 0 bridgehead atoms. The Morgan fingerprint density at radius 2 is 1.92 bits per heavy atom. The predicted molar refractivity (Wildman–Crippen MR) is 108 cm³/mol. The van der Waals surface area contributed by atoms with Gasteiger partial charge in [0.25, 0.3) is 0 Å². The Labute approximate surface area is 157 Å². The fraction of sp³-hybridized carbons (Fsp3) is 0.700. The van der Waals surface area contributed by atoms with Crippen LogP contribution in [0.25, 0.3) is 5.65 Å². The topological polar surface area (TPSA) is 48.7 Å². The first-order valence-electron chi connectivity index (χ1n) is 9.85. The quantitative estimate of drug-likeness (QED) is 0.860. The summed E-state index contributed by atoms with van der Waals surface area (Å²) in [6, 6.07) is 4.22. The first kappa shape index (κ1) is 19.1. The molecule has 1 aliphatic heterocycles. The van der Waals surface area contributed by atoms with Gasteiger partial charge in [-0.1, -0.05) is 20.8 Å². The lowest BCUT2D eigenvalue weighted by Gasteiger charge is -2.46. The molecule has 2 aromatic rings. The standard InChI is InChI=1S/C20H34N6/c1-7-25-10-8-20(9-11-25,24(5)6)14-21-18-13-17(15(2)3)22-19-12-16(4)23-26(18)19/h12-13,15,21H,7-11,14H2,1-6H3. The number of hydrogen-bond acceptors (Lipinski definition) is 5. The fourth-order valence-corrected chi connectivity index (χ4v) is 3.85. The maximum absolute atomic E-state index is 4.77. The van der Waals surface area contributed by atoms with Gasteiger partial charge < -0.3 is 15.1 Å². The number of likely N-dealkylation sites (tertiary alicyclic amines) is 1. The van der Waals surface area contributed by atoms with Crippen LogP contribution in [-0.2, 0) is 0 Å². The molecule has 0 spiro atoms. The third-order valence-corrected chi connectivity index (χ3v) is 5.94. The van der Waals surface area contributed by atoms with Gasteiger partial charge in [-0.15, -0.1) is 0 Å². The number of anilines is 1. The van der Waals surface area contributed by atoms with E-state index < -0.39 is 0 Å². The van der Waals surface area contributed by atoms with Crippen LogP contribution in [0, 0.1) is 6.92 Å². The maximum atomic E-state index is 4.77. The molecular formula is C20H34N6. The zero-order valence-corrected chi connectivity index (χ0v) is 17.2. The lowest BCUT2D eigenvalue weighted by molar-refractivity contribution is 0.0686. The minimum absolute atomic E-state index is 0.182. The highest BCUT2D eigenvalue weighted by Crippen LogP contribution is 2.28. The van der Waals surface area contributed by atoms with E-state index in [1.165, 1.54) is 25.9 Å². The molecule has 0 radical (unpaired) electrons. The summed E-state index contributed by atoms with van der Waals surface area (Å²) in [6.45, 7) is 13.1. The molecule has 1 N–H and O–H groups in total. The lowest BCUT2D eigenvalue weighted by Crippen LogP contribution is -2.56. The second kappa shape index (κ2) is 7.53. The second-order valence-electron chi connectivity index (χ2n) is 8.18. The zero-order chi connectivity index (χ0) is 18.9. The van der Waals surface area contributed by atoms with E-state index in [0.717, 1.165) is 35.9 Å². The summed E-state index contributed by atoms with van der Waals surface area (Å²) in [4.78, 5) is 9.72. The van der Waals surface area contributed by atoms with Gasteiger partial charge in [0.1, 0.15) is 5.82 Å². The van der Waals surface area contributed by atoms with E-state index in [9.17, 15) is 0 Å². The number of aryl methyl sites for hydroxylation is 1. The monoisotopic (exact) mass is 358 g/mol. The van der Waals surface area contributed by atoms with E-state index in [4.69, 9.17) is 4.98 Å². The summed E-state index contributed by atoms with van der Waals surface area (Å²) >= 11 is 0. The van der Waals surface area contributed by atoms with Crippen LogP contribution in [0.15, 0.2) is 12.1 Å². The predicted octanol–water partition coefficient (Wildman–Crippen LogP) is 2.99. The van der Waals surface area contributed by atoms with Crippen LogP contribution in [0.3, 0.4) is 0 Å². The number of likely N-dealkylation sites (N-methyl/N-ethyl adjacent to an activating group) is 1. The molecule has 1 aliphatic rings. The van der Waals surface area contributed by atoms with Gasteiger partial charge in [0.05, 0.1) is 5.69 Å². The summed E-state index contributed by atoms with van der Waals surface area (Å²) in [7, 11) is 4.42. The smallest absolute Gasteiger partial charge is 0.157 e. The Bertz CT molecular complexity index is 740. The van der Waals surface area contributed by atoms with Gasteiger partial charge >= 0.3 is 0 Å². The zero-order valence-electron chi connectivity index (χ0n) is 17.2. The van der Waals surface area contributed by atoms with Crippen molar-refractivity contribution in [2.45, 2.75) is 52.0 Å². The molecule has 6 nitrogen and oxygen atoms in total. The first-order chi connectivity index (χ1) is 12.3. The lowest BCUT2D eigenvalue weighted by atomic mass is 9.86. The molecule has 144 valence electrons. The highest BCUT2D eigenvalue weighted by atomic mass is 15.3. The average molecular weight is 359 g/mol. The average Bonchev–Trinajstić information content (AvgIpc) is 3.00. The Morgan fingerprint density at radius 1 is 1.23 bits per heavy atom. The molecule has 1 fully saturated rings. The van der Waals surface area contributed by atoms with Crippen molar-refractivity contribution in [3.05, 3.63) is 23.5 Å². The first-order valence-corrected chi connectivity index (χ1v) is 9.85. The highest BCUT2D eigenvalue weighted by Gasteiger charge is 2.36. The molecule has 3 rings (SSSR count). The Hall–Kier alpha value is -1.66. The molecular weight excluding hydrogens is 324 g/mol. The summed E-state index contributed by atoms with van der Waals surface area (Å²) in [5.41, 5.74) is 3.22. The Balaban J connectivity index is 1.85. The SMILES string of the molecule is CCN1CCC(CNc2cc(C(C)C)nc3cc(C)nn23)(N(C)C)CC1. The third kappa shape index (κ3) is 3.71. The summed E-state index contributed by atoms with van der Waals surface area (Å²) < 4.78 is 1.95. The van der Waals surface area contributed by atoms with Crippen LogP contribution in [0.1, 0.15) is 50.9 Å². The van der Waals surface area contributed by atoms with Crippen LogP contribution in [0.2, 0.25) is 0 Å². The highest BCUT2D eigenvalue weighted by molar-refractivity contribution is 5.51. The summed E-state index contributed by atoms with van der Waals surface area (Å²) in [5.74, 6) is 1.44. The fourth-order valence-electron chi connectivity index (χ4n) is 3.85. The molecule has 26 heavy (non-hydrogen) atoms. The van der Waals surface area contributed by atoms with Crippen molar-refractivity contribution in [3.8, 4) is 0 Å². The molecule has 1 saturated heterocycles. The number of hydrogen-bond donors (Lipinski definition) is 1. The van der Waals surface area contributed by atoms with Crippen molar-refractivity contribution in [3.63, 3.8) is 0 Å². The van der Waals surface area contributed by atoms with Gasteiger partial charge in [0, 0.05) is 29.9 Å². The normalized spacial score (nSPS) is 18.2. The number of piperidine rings is 1. The van der Waals surface area contributed by atoms with Crippen LogP contribution in [0.5, 0.6) is 0 Å². The van der Waals surface area contributed by atoms with Crippen molar-refractivity contribution in [1.29, 1.82) is 0 Å². The number of nitrogens with one attached hydrogen (secondary N) is 1. The Morgan fingerprint density at radius 3 is 2.50 bits per heavy atom. The number of rotatable bonds is 6. The number of aromatic nitrogens is 3. The van der Waals surface area contributed by atoms with Crippen LogP contribution < -0.4 is 5.32 Å². The molecule has 3 heterocycles. The molecule has 0 aliphatic carbocycles. The van der Waals surface area contributed by atoms with Crippen molar-refractivity contribution in [2.75, 3.05) is 45.6 Å². The van der Waals surface area contributed by atoms with Crippen molar-refractivity contribution in [1.82, 2.24) is 24.4 Å². The largest absolute Gasteiger partial charge is 0.368 e. The molecule has 0 amide bonds. The van der Waals surface area contributed by atoms with E-state index in [2.05, 4.69) is 67.2 Å². The number of nitrogens with zero attached hydrogens (tertiary/aromatic N) is 5. The summed E-state index contributed by atoms with van der Waals surface area (Å²) in [6.07, 6.45) is 2.37. The summed E-state index contributed by atoms with van der Waals surface area (Å²) in [5, 5.41) is 8.36. The van der Waals surface area contributed by atoms with E-state index in [1.54, 1.807) is 0 Å². The van der Waals surface area contributed by atoms with Gasteiger partial charge in [0.15, 0.2) is 5.65 Å². The molecule has 6 heteroatoms. The van der Waals surface area contributed by atoms with E-state index in [1.807, 2.05) is 11.4 Å². The van der Waals surface area contributed by atoms with E-state index in [-0.39, 0.29) is 5.54 Å². The maximum Gasteiger partial charge on any atom is 0.157 e. The van der Waals surface area contributed by atoms with E-state index in [0.29, 0.717) is 5.92 Å². The minimum Gasteiger partial charge on any atom is -0.368 e. The van der Waals surface area contributed by atoms with Crippen LogP contribution >= 0.6 is 0 Å². The van der Waals surface area contributed by atoms with Crippen LogP contribution in [-0.4, -0.2) is 70.2 Å². The van der Waals surface area contributed by atoms with Crippen LogP contribution in [0.4, 0.5) is 5.82 Å². The molecule has 0 unspecified atom stereocenters. The molecule has 0 aromatic carbocycles. The van der Waals surface area contributed by atoms with Crippen molar-refractivity contribution in [2.24, 2.45) is 0 Å².